The van der Waals surface area contributed by atoms with Crippen LogP contribution < -0.4 is 5.32 Å². The minimum Gasteiger partial charge on any atom is -0.317 e. The predicted octanol–water partition coefficient (Wildman–Crippen LogP) is 2.60. The monoisotopic (exact) mass is 202 g/mol. The van der Waals surface area contributed by atoms with Crippen molar-refractivity contribution in [3.05, 3.63) is 0 Å². The molecular weight excluding hydrogens is 172 g/mol. The van der Waals surface area contributed by atoms with E-state index < -0.39 is 0 Å². The topological polar surface area (TPSA) is 15.3 Å². The van der Waals surface area contributed by atoms with Crippen molar-refractivity contribution in [3.63, 3.8) is 0 Å². The van der Waals surface area contributed by atoms with Crippen LogP contribution in [0, 0.1) is 5.92 Å². The molecule has 0 atom stereocenters. The highest BCUT2D eigenvalue weighted by Gasteiger charge is 1.93. The Bertz CT molecular complexity index is 88.5. The van der Waals surface area contributed by atoms with Crippen LogP contribution >= 0.6 is 0 Å². The molecule has 0 aromatic carbocycles. The maximum Gasteiger partial charge on any atom is -0.00127 e. The maximum absolute atomic E-state index is 3.47. The van der Waals surface area contributed by atoms with Gasteiger partial charge in [-0.3, -0.25) is 0 Å². The number of hydrogen-bond acceptors (Lipinski definition) is 2. The van der Waals surface area contributed by atoms with Crippen LogP contribution in [0.4, 0.5) is 0 Å². The summed E-state index contributed by atoms with van der Waals surface area (Å²) in [6, 6.07) is 0. The molecule has 0 spiro atoms. The zero-order chi connectivity index (χ0) is 10.1. The van der Waals surface area contributed by atoms with Gasteiger partial charge < -0.3 is 10.2 Å². The van der Waals surface area contributed by atoms with E-state index in [-0.39, 0.29) is 7.43 Å². The summed E-state index contributed by atoms with van der Waals surface area (Å²) in [5.74, 6) is 0.851. The van der Waals surface area contributed by atoms with Gasteiger partial charge in [0.1, 0.15) is 0 Å². The fraction of sp³-hybridized carbons (Fsp3) is 1.00. The fourth-order valence-electron chi connectivity index (χ4n) is 1.28. The molecular formula is C12H30N2. The van der Waals surface area contributed by atoms with Crippen LogP contribution in [0.15, 0.2) is 0 Å². The van der Waals surface area contributed by atoms with Crippen LogP contribution in [0.5, 0.6) is 0 Å². The largest absolute Gasteiger partial charge is 0.317 e. The van der Waals surface area contributed by atoms with Gasteiger partial charge in [-0.25, -0.2) is 0 Å². The molecule has 0 aromatic rings. The minimum atomic E-state index is 0. The van der Waals surface area contributed by atoms with Crippen LogP contribution in [-0.4, -0.2) is 38.6 Å². The molecule has 0 saturated heterocycles. The Morgan fingerprint density at radius 3 is 2.14 bits per heavy atom. The lowest BCUT2D eigenvalue weighted by Gasteiger charge is -2.10. The average molecular weight is 202 g/mol. The van der Waals surface area contributed by atoms with E-state index in [0.717, 1.165) is 12.5 Å². The Hall–Kier alpha value is -0.0800. The highest BCUT2D eigenvalue weighted by Crippen LogP contribution is 2.01. The number of rotatable bonds is 8. The van der Waals surface area contributed by atoms with Gasteiger partial charge in [0.05, 0.1) is 0 Å². The van der Waals surface area contributed by atoms with Gasteiger partial charge in [0.2, 0.25) is 0 Å². The van der Waals surface area contributed by atoms with Gasteiger partial charge in [-0.1, -0.05) is 21.3 Å². The normalized spacial score (nSPS) is 10.7. The third-order valence-corrected chi connectivity index (χ3v) is 2.09. The van der Waals surface area contributed by atoms with E-state index in [1.165, 1.54) is 32.4 Å². The Balaban J connectivity index is 0. The van der Waals surface area contributed by atoms with E-state index in [4.69, 9.17) is 0 Å². The smallest absolute Gasteiger partial charge is 0.00127 e. The van der Waals surface area contributed by atoms with Crippen LogP contribution in [0.3, 0.4) is 0 Å². The van der Waals surface area contributed by atoms with Gasteiger partial charge in [-0.15, -0.1) is 0 Å². The van der Waals surface area contributed by atoms with E-state index in [1.54, 1.807) is 0 Å². The molecule has 0 aliphatic heterocycles. The SMILES string of the molecule is C.CC(C)CCCNCCCN(C)C. The lowest BCUT2D eigenvalue weighted by molar-refractivity contribution is 0.393. The molecule has 0 radical (unpaired) electrons. The standard InChI is InChI=1S/C11H26N2.CH4/c1-11(2)7-5-8-12-9-6-10-13(3)4;/h11-12H,5-10H2,1-4H3;1H4. The molecule has 0 aliphatic rings. The molecule has 0 bridgehead atoms. The van der Waals surface area contributed by atoms with Crippen LogP contribution in [0.25, 0.3) is 0 Å². The molecule has 0 aromatic heterocycles. The summed E-state index contributed by atoms with van der Waals surface area (Å²) in [5.41, 5.74) is 0. The Morgan fingerprint density at radius 1 is 1.07 bits per heavy atom. The number of nitrogens with one attached hydrogen (secondary N) is 1. The Labute approximate surface area is 91.1 Å². The van der Waals surface area contributed by atoms with Crippen LogP contribution in [0.2, 0.25) is 0 Å². The quantitative estimate of drug-likeness (QED) is 0.609. The summed E-state index contributed by atoms with van der Waals surface area (Å²) in [6.45, 7) is 8.11. The molecule has 0 heterocycles. The van der Waals surface area contributed by atoms with Gasteiger partial charge in [0, 0.05) is 0 Å². The van der Waals surface area contributed by atoms with Crippen molar-refractivity contribution in [1.29, 1.82) is 0 Å². The highest BCUT2D eigenvalue weighted by atomic mass is 15.0. The van der Waals surface area contributed by atoms with Crippen LogP contribution in [-0.2, 0) is 0 Å². The molecule has 0 rings (SSSR count). The molecule has 1 N–H and O–H groups in total. The first-order chi connectivity index (χ1) is 6.13. The first-order valence-corrected chi connectivity index (χ1v) is 5.48. The van der Waals surface area contributed by atoms with E-state index in [9.17, 15) is 0 Å². The zero-order valence-corrected chi connectivity index (χ0v) is 9.77. The first kappa shape index (κ1) is 16.4. The molecule has 2 heteroatoms. The molecule has 0 fully saturated rings. The second-order valence-corrected chi connectivity index (χ2v) is 4.44. The Kier molecular flexibility index (Phi) is 12.8. The third kappa shape index (κ3) is 14.4. The predicted molar refractivity (Wildman–Crippen MR) is 66.8 cm³/mol. The molecule has 0 unspecified atom stereocenters. The van der Waals surface area contributed by atoms with Crippen molar-refractivity contribution < 1.29 is 0 Å². The lowest BCUT2D eigenvalue weighted by atomic mass is 10.1. The summed E-state index contributed by atoms with van der Waals surface area (Å²) < 4.78 is 0. The van der Waals surface area contributed by atoms with Crippen molar-refractivity contribution >= 4 is 0 Å². The summed E-state index contributed by atoms with van der Waals surface area (Å²) >= 11 is 0. The second-order valence-electron chi connectivity index (χ2n) is 4.44. The second kappa shape index (κ2) is 11.0. The summed E-state index contributed by atoms with van der Waals surface area (Å²) in [6.07, 6.45) is 3.93. The van der Waals surface area contributed by atoms with Crippen LogP contribution in [0.1, 0.15) is 40.5 Å². The first-order valence-electron chi connectivity index (χ1n) is 5.48. The zero-order valence-electron chi connectivity index (χ0n) is 9.77. The van der Waals surface area contributed by atoms with Gasteiger partial charge in [-0.05, 0) is 58.9 Å². The van der Waals surface area contributed by atoms with E-state index in [0.29, 0.717) is 0 Å². The van der Waals surface area contributed by atoms with Crippen molar-refractivity contribution in [3.8, 4) is 0 Å². The summed E-state index contributed by atoms with van der Waals surface area (Å²) in [7, 11) is 4.25. The van der Waals surface area contributed by atoms with Crippen molar-refractivity contribution in [1.82, 2.24) is 10.2 Å². The Morgan fingerprint density at radius 2 is 1.64 bits per heavy atom. The van der Waals surface area contributed by atoms with Gasteiger partial charge in [0.25, 0.3) is 0 Å². The third-order valence-electron chi connectivity index (χ3n) is 2.09. The van der Waals surface area contributed by atoms with Crippen molar-refractivity contribution in [2.24, 2.45) is 5.92 Å². The molecule has 88 valence electrons. The molecule has 0 aliphatic carbocycles. The molecule has 0 saturated carbocycles. The fourth-order valence-corrected chi connectivity index (χ4v) is 1.28. The average Bonchev–Trinajstić information content (AvgIpc) is 2.01. The van der Waals surface area contributed by atoms with Gasteiger partial charge >= 0.3 is 0 Å². The highest BCUT2D eigenvalue weighted by molar-refractivity contribution is 4.52. The minimum absolute atomic E-state index is 0. The van der Waals surface area contributed by atoms with Crippen molar-refractivity contribution in [2.45, 2.75) is 40.5 Å². The number of hydrogen-bond donors (Lipinski definition) is 1. The molecule has 2 nitrogen and oxygen atoms in total. The summed E-state index contributed by atoms with van der Waals surface area (Å²) in [4.78, 5) is 2.23. The number of nitrogens with zero attached hydrogens (tertiary/aromatic N) is 1. The molecule has 0 amide bonds. The van der Waals surface area contributed by atoms with Gasteiger partial charge in [-0.2, -0.15) is 0 Å². The summed E-state index contributed by atoms with van der Waals surface area (Å²) in [5, 5.41) is 3.47. The van der Waals surface area contributed by atoms with E-state index in [2.05, 4.69) is 38.2 Å². The van der Waals surface area contributed by atoms with Gasteiger partial charge in [0.15, 0.2) is 0 Å². The van der Waals surface area contributed by atoms with E-state index >= 15 is 0 Å². The maximum atomic E-state index is 3.47. The van der Waals surface area contributed by atoms with Crippen molar-refractivity contribution in [2.75, 3.05) is 33.7 Å². The molecule has 14 heavy (non-hydrogen) atoms. The van der Waals surface area contributed by atoms with E-state index in [1.807, 2.05) is 0 Å². The lowest BCUT2D eigenvalue weighted by Crippen LogP contribution is -2.22.